The Hall–Kier alpha value is -6.44. The quantitative estimate of drug-likeness (QED) is 0.167. The van der Waals surface area contributed by atoms with Crippen molar-refractivity contribution >= 4 is 49.4 Å². The molecule has 0 heterocycles. The van der Waals surface area contributed by atoms with Crippen LogP contribution >= 0.6 is 0 Å². The fraction of sp³-hybridized carbons (Fsp3) is 0. The van der Waals surface area contributed by atoms with Crippen LogP contribution in [0.5, 0.6) is 0 Å². The molecule has 0 saturated heterocycles. The second-order valence-electron chi connectivity index (χ2n) is 12.5. The van der Waals surface area contributed by atoms with E-state index in [9.17, 15) is 0 Å². The summed E-state index contributed by atoms with van der Waals surface area (Å²) in [7, 11) is 0. The highest BCUT2D eigenvalue weighted by molar-refractivity contribution is 6.32. The molecule has 49 heavy (non-hydrogen) atoms. The third-order valence-electron chi connectivity index (χ3n) is 9.62. The Bertz CT molecular complexity index is 2520. The van der Waals surface area contributed by atoms with Gasteiger partial charge in [0.15, 0.2) is 0 Å². The summed E-state index contributed by atoms with van der Waals surface area (Å²) in [6.07, 6.45) is 0. The van der Waals surface area contributed by atoms with Crippen molar-refractivity contribution < 1.29 is 0 Å². The van der Waals surface area contributed by atoms with Gasteiger partial charge in [-0.1, -0.05) is 158 Å². The molecule has 0 spiro atoms. The Labute approximate surface area is 287 Å². The molecular formula is C48H33N. The molecule has 0 N–H and O–H groups in total. The van der Waals surface area contributed by atoms with E-state index in [0.717, 1.165) is 17.1 Å². The molecule has 0 aliphatic heterocycles. The molecule has 0 atom stereocenters. The van der Waals surface area contributed by atoms with Crippen LogP contribution in [0.15, 0.2) is 200 Å². The summed E-state index contributed by atoms with van der Waals surface area (Å²) in [5, 5.41) is 7.67. The highest BCUT2D eigenvalue weighted by Gasteiger charge is 2.22. The maximum absolute atomic E-state index is 2.43. The minimum Gasteiger partial charge on any atom is -0.311 e. The summed E-state index contributed by atoms with van der Waals surface area (Å²) < 4.78 is 0. The molecule has 0 amide bonds. The van der Waals surface area contributed by atoms with E-state index in [4.69, 9.17) is 0 Å². The summed E-state index contributed by atoms with van der Waals surface area (Å²) in [6.45, 7) is 0. The van der Waals surface area contributed by atoms with Crippen molar-refractivity contribution in [3.8, 4) is 33.4 Å². The Morgan fingerprint density at radius 3 is 1.18 bits per heavy atom. The number of benzene rings is 9. The molecule has 0 aliphatic rings. The lowest BCUT2D eigenvalue weighted by Gasteiger charge is -2.26. The Kier molecular flexibility index (Phi) is 7.22. The highest BCUT2D eigenvalue weighted by Crippen LogP contribution is 2.49. The smallest absolute Gasteiger partial charge is 0.0462 e. The van der Waals surface area contributed by atoms with Gasteiger partial charge in [0.25, 0.3) is 0 Å². The minimum absolute atomic E-state index is 1.11. The SMILES string of the molecule is c1ccc(-c2cc(-c3ccc(N(c4ccccc4)c4ccccc4)cc3)c(-c3ccccc3)c3c4ccccc4c4ccccc4c23)cc1. The van der Waals surface area contributed by atoms with E-state index in [2.05, 4.69) is 205 Å². The lowest BCUT2D eigenvalue weighted by Crippen LogP contribution is -2.09. The van der Waals surface area contributed by atoms with Crippen molar-refractivity contribution in [3.05, 3.63) is 200 Å². The van der Waals surface area contributed by atoms with Crippen molar-refractivity contribution in [2.75, 3.05) is 4.90 Å². The first-order valence-corrected chi connectivity index (χ1v) is 16.9. The number of para-hydroxylation sites is 2. The zero-order valence-corrected chi connectivity index (χ0v) is 27.0. The van der Waals surface area contributed by atoms with Gasteiger partial charge in [0.2, 0.25) is 0 Å². The van der Waals surface area contributed by atoms with Crippen molar-refractivity contribution in [1.82, 2.24) is 0 Å². The predicted octanol–water partition coefficient (Wildman–Crippen LogP) is 13.6. The molecule has 0 unspecified atom stereocenters. The van der Waals surface area contributed by atoms with Crippen LogP contribution in [0.1, 0.15) is 0 Å². The summed E-state index contributed by atoms with van der Waals surface area (Å²) in [6, 6.07) is 72.3. The predicted molar refractivity (Wildman–Crippen MR) is 210 cm³/mol. The third-order valence-corrected chi connectivity index (χ3v) is 9.62. The topological polar surface area (TPSA) is 3.24 Å². The normalized spacial score (nSPS) is 11.3. The number of rotatable bonds is 6. The molecule has 9 aromatic carbocycles. The van der Waals surface area contributed by atoms with Gasteiger partial charge in [-0.3, -0.25) is 0 Å². The molecule has 0 saturated carbocycles. The van der Waals surface area contributed by atoms with Crippen LogP contribution in [0.4, 0.5) is 17.1 Å². The third kappa shape index (κ3) is 5.04. The molecule has 1 heteroatoms. The highest BCUT2D eigenvalue weighted by atomic mass is 15.1. The molecule has 1 nitrogen and oxygen atoms in total. The van der Waals surface area contributed by atoms with E-state index in [1.807, 2.05) is 0 Å². The number of hydrogen-bond acceptors (Lipinski definition) is 1. The number of nitrogens with zero attached hydrogens (tertiary/aromatic N) is 1. The van der Waals surface area contributed by atoms with Gasteiger partial charge in [-0.05, 0) is 108 Å². The maximum Gasteiger partial charge on any atom is 0.0462 e. The van der Waals surface area contributed by atoms with Gasteiger partial charge in [0, 0.05) is 17.1 Å². The fourth-order valence-electron chi connectivity index (χ4n) is 7.47. The number of anilines is 3. The standard InChI is InChI=1S/C48H33N/c1-5-17-34(18-6-1)45-33-44(35-29-31-39(32-30-35)49(37-21-9-3-10-22-37)38-23-11-4-12-24-38)46(36-19-7-2-8-20-36)48-43-28-16-14-26-41(43)40-25-13-15-27-42(40)47(45)48/h1-33H. The molecule has 0 radical (unpaired) electrons. The monoisotopic (exact) mass is 623 g/mol. The van der Waals surface area contributed by atoms with Crippen molar-refractivity contribution in [1.29, 1.82) is 0 Å². The van der Waals surface area contributed by atoms with E-state index >= 15 is 0 Å². The van der Waals surface area contributed by atoms with Crippen LogP contribution in [-0.4, -0.2) is 0 Å². The first kappa shape index (κ1) is 28.8. The minimum atomic E-state index is 1.11. The van der Waals surface area contributed by atoms with Gasteiger partial charge in [-0.15, -0.1) is 0 Å². The van der Waals surface area contributed by atoms with E-state index in [1.165, 1.54) is 65.7 Å². The molecule has 0 bridgehead atoms. The van der Waals surface area contributed by atoms with Crippen LogP contribution in [0.2, 0.25) is 0 Å². The van der Waals surface area contributed by atoms with E-state index in [-0.39, 0.29) is 0 Å². The lowest BCUT2D eigenvalue weighted by atomic mass is 9.81. The Morgan fingerprint density at radius 1 is 0.265 bits per heavy atom. The average Bonchev–Trinajstić information content (AvgIpc) is 3.19. The molecule has 230 valence electrons. The Balaban J connectivity index is 1.37. The zero-order valence-electron chi connectivity index (χ0n) is 27.0. The number of fused-ring (bicyclic) bond motifs is 6. The molecule has 9 aromatic rings. The van der Waals surface area contributed by atoms with Crippen molar-refractivity contribution in [2.24, 2.45) is 0 Å². The zero-order chi connectivity index (χ0) is 32.6. The molecule has 0 aromatic heterocycles. The number of hydrogen-bond donors (Lipinski definition) is 0. The molecule has 0 aliphatic carbocycles. The van der Waals surface area contributed by atoms with Gasteiger partial charge in [0.05, 0.1) is 0 Å². The van der Waals surface area contributed by atoms with Gasteiger partial charge in [-0.25, -0.2) is 0 Å². The van der Waals surface area contributed by atoms with Crippen molar-refractivity contribution in [2.45, 2.75) is 0 Å². The largest absolute Gasteiger partial charge is 0.311 e. The van der Waals surface area contributed by atoms with Crippen molar-refractivity contribution in [3.63, 3.8) is 0 Å². The van der Waals surface area contributed by atoms with Gasteiger partial charge in [0.1, 0.15) is 0 Å². The van der Waals surface area contributed by atoms with Crippen LogP contribution in [0.3, 0.4) is 0 Å². The van der Waals surface area contributed by atoms with E-state index in [1.54, 1.807) is 0 Å². The molecule has 9 rings (SSSR count). The first-order valence-electron chi connectivity index (χ1n) is 16.9. The van der Waals surface area contributed by atoms with Gasteiger partial charge in [-0.2, -0.15) is 0 Å². The first-order chi connectivity index (χ1) is 24.3. The van der Waals surface area contributed by atoms with Gasteiger partial charge < -0.3 is 4.90 Å². The maximum atomic E-state index is 2.43. The summed E-state index contributed by atoms with van der Waals surface area (Å²) in [5.41, 5.74) is 10.7. The van der Waals surface area contributed by atoms with Crippen LogP contribution < -0.4 is 4.90 Å². The second kappa shape index (κ2) is 12.3. The summed E-state index contributed by atoms with van der Waals surface area (Å²) in [4.78, 5) is 2.32. The molecule has 0 fully saturated rings. The summed E-state index contributed by atoms with van der Waals surface area (Å²) >= 11 is 0. The Morgan fingerprint density at radius 2 is 0.653 bits per heavy atom. The second-order valence-corrected chi connectivity index (χ2v) is 12.5. The van der Waals surface area contributed by atoms with Crippen LogP contribution in [-0.2, 0) is 0 Å². The van der Waals surface area contributed by atoms with Crippen LogP contribution in [0.25, 0.3) is 65.7 Å². The van der Waals surface area contributed by atoms with Gasteiger partial charge >= 0.3 is 0 Å². The molecular weight excluding hydrogens is 591 g/mol. The lowest BCUT2D eigenvalue weighted by molar-refractivity contribution is 1.28. The van der Waals surface area contributed by atoms with Crippen LogP contribution in [0, 0.1) is 0 Å². The summed E-state index contributed by atoms with van der Waals surface area (Å²) in [5.74, 6) is 0. The average molecular weight is 624 g/mol. The van der Waals surface area contributed by atoms with E-state index < -0.39 is 0 Å². The van der Waals surface area contributed by atoms with E-state index in [0.29, 0.717) is 0 Å². The fourth-order valence-corrected chi connectivity index (χ4v) is 7.47.